The van der Waals surface area contributed by atoms with E-state index < -0.39 is 10.0 Å². The van der Waals surface area contributed by atoms with Crippen LogP contribution in [0.3, 0.4) is 0 Å². The molecule has 1 atom stereocenters. The van der Waals surface area contributed by atoms with Crippen molar-refractivity contribution in [1.29, 1.82) is 0 Å². The van der Waals surface area contributed by atoms with Crippen molar-refractivity contribution in [2.24, 2.45) is 5.92 Å². The van der Waals surface area contributed by atoms with Gasteiger partial charge in [-0.05, 0) is 54.4 Å². The van der Waals surface area contributed by atoms with Gasteiger partial charge in [0.2, 0.25) is 21.8 Å². The Labute approximate surface area is 168 Å². The smallest absolute Gasteiger partial charge is 0.240 e. The number of nitrogens with one attached hydrogen (secondary N) is 2. The second kappa shape index (κ2) is 8.30. The lowest BCUT2D eigenvalue weighted by atomic mass is 10.1. The van der Waals surface area contributed by atoms with Crippen LogP contribution in [0.2, 0.25) is 5.02 Å². The molecule has 0 aromatic heterocycles. The van der Waals surface area contributed by atoms with E-state index in [-0.39, 0.29) is 35.6 Å². The first-order valence-corrected chi connectivity index (χ1v) is 10.5. The fourth-order valence-electron chi connectivity index (χ4n) is 3.02. The molecule has 2 aromatic carbocycles. The highest BCUT2D eigenvalue weighted by molar-refractivity contribution is 7.89. The summed E-state index contributed by atoms with van der Waals surface area (Å²) in [7, 11) is -3.71. The molecule has 28 heavy (non-hydrogen) atoms. The number of amides is 2. The Hall–Kier alpha value is -2.42. The third kappa shape index (κ3) is 4.89. The number of carbonyl (C=O) groups is 2. The van der Waals surface area contributed by atoms with Crippen molar-refractivity contribution in [2.45, 2.75) is 18.2 Å². The summed E-state index contributed by atoms with van der Waals surface area (Å²) in [4.78, 5) is 25.0. The molecule has 0 aliphatic carbocycles. The molecule has 9 heteroatoms. The quantitative estimate of drug-likeness (QED) is 0.749. The van der Waals surface area contributed by atoms with Gasteiger partial charge < -0.3 is 10.2 Å². The van der Waals surface area contributed by atoms with Crippen molar-refractivity contribution in [3.05, 3.63) is 53.6 Å². The normalized spacial score (nSPS) is 17.0. The zero-order valence-electron chi connectivity index (χ0n) is 15.2. The van der Waals surface area contributed by atoms with Crippen molar-refractivity contribution in [1.82, 2.24) is 4.72 Å². The molecule has 0 radical (unpaired) electrons. The second-order valence-corrected chi connectivity index (χ2v) is 8.81. The van der Waals surface area contributed by atoms with Crippen LogP contribution >= 0.6 is 11.6 Å². The number of carbonyl (C=O) groups excluding carboxylic acids is 2. The molecule has 7 nitrogen and oxygen atoms in total. The molecular formula is C19H20ClN3O4S. The molecular weight excluding hydrogens is 402 g/mol. The first-order chi connectivity index (χ1) is 13.2. The van der Waals surface area contributed by atoms with E-state index in [0.29, 0.717) is 17.3 Å². The number of sulfonamides is 1. The summed E-state index contributed by atoms with van der Waals surface area (Å²) in [6.07, 6.45) is 0.270. The number of benzene rings is 2. The fourth-order valence-corrected chi connectivity index (χ4v) is 4.26. The molecule has 1 aliphatic rings. The van der Waals surface area contributed by atoms with Crippen LogP contribution < -0.4 is 14.9 Å². The highest BCUT2D eigenvalue weighted by atomic mass is 35.5. The molecule has 1 saturated heterocycles. The lowest BCUT2D eigenvalue weighted by Crippen LogP contribution is -2.31. The van der Waals surface area contributed by atoms with Crippen LogP contribution in [-0.2, 0) is 19.6 Å². The first kappa shape index (κ1) is 20.3. The minimum atomic E-state index is -3.71. The molecule has 0 bridgehead atoms. The van der Waals surface area contributed by atoms with E-state index in [2.05, 4.69) is 10.0 Å². The van der Waals surface area contributed by atoms with Gasteiger partial charge in [-0.15, -0.1) is 0 Å². The van der Waals surface area contributed by atoms with E-state index in [0.717, 1.165) is 5.69 Å². The number of hydrogen-bond acceptors (Lipinski definition) is 4. The number of anilines is 2. The van der Waals surface area contributed by atoms with Gasteiger partial charge >= 0.3 is 0 Å². The van der Waals surface area contributed by atoms with Gasteiger partial charge in [-0.25, -0.2) is 13.1 Å². The largest absolute Gasteiger partial charge is 0.326 e. The van der Waals surface area contributed by atoms with Crippen molar-refractivity contribution >= 4 is 44.8 Å². The van der Waals surface area contributed by atoms with Crippen LogP contribution in [0.1, 0.15) is 13.3 Å². The monoisotopic (exact) mass is 421 g/mol. The third-order valence-corrected chi connectivity index (χ3v) is 6.08. The minimum Gasteiger partial charge on any atom is -0.326 e. The molecule has 0 saturated carbocycles. The fraction of sp³-hybridized carbons (Fsp3) is 0.263. The average Bonchev–Trinajstić information content (AvgIpc) is 3.01. The van der Waals surface area contributed by atoms with Crippen LogP contribution in [0.4, 0.5) is 11.4 Å². The molecule has 1 heterocycles. The maximum atomic E-state index is 12.5. The Bertz CT molecular complexity index is 975. The highest BCUT2D eigenvalue weighted by Gasteiger charge is 2.31. The summed E-state index contributed by atoms with van der Waals surface area (Å²) >= 11 is 5.88. The maximum absolute atomic E-state index is 12.5. The van der Waals surface area contributed by atoms with E-state index in [1.54, 1.807) is 29.2 Å². The summed E-state index contributed by atoms with van der Waals surface area (Å²) in [5.74, 6) is -0.410. The number of nitrogens with zero attached hydrogens (tertiary/aromatic N) is 1. The molecule has 0 spiro atoms. The molecule has 148 valence electrons. The molecule has 2 N–H and O–H groups in total. The summed E-state index contributed by atoms with van der Waals surface area (Å²) in [6.45, 7) is 1.97. The van der Waals surface area contributed by atoms with Crippen LogP contribution in [-0.4, -0.2) is 33.3 Å². The molecule has 1 aliphatic heterocycles. The van der Waals surface area contributed by atoms with Crippen molar-refractivity contribution in [3.63, 3.8) is 0 Å². The summed E-state index contributed by atoms with van der Waals surface area (Å²) in [6, 6.07) is 12.9. The van der Waals surface area contributed by atoms with Crippen molar-refractivity contribution < 1.29 is 18.0 Å². The Morgan fingerprint density at radius 3 is 2.39 bits per heavy atom. The zero-order valence-corrected chi connectivity index (χ0v) is 16.8. The number of rotatable bonds is 6. The highest BCUT2D eigenvalue weighted by Crippen LogP contribution is 2.26. The summed E-state index contributed by atoms with van der Waals surface area (Å²) in [5, 5.41) is 3.17. The van der Waals surface area contributed by atoms with E-state index in [1.807, 2.05) is 0 Å². The number of hydrogen-bond donors (Lipinski definition) is 2. The van der Waals surface area contributed by atoms with Crippen LogP contribution in [0.15, 0.2) is 53.4 Å². The molecule has 1 fully saturated rings. The van der Waals surface area contributed by atoms with E-state index in [9.17, 15) is 18.0 Å². The second-order valence-electron chi connectivity index (χ2n) is 6.61. The van der Waals surface area contributed by atoms with E-state index in [1.165, 1.54) is 31.2 Å². The Morgan fingerprint density at radius 1 is 1.14 bits per heavy atom. The van der Waals surface area contributed by atoms with Gasteiger partial charge in [-0.2, -0.15) is 0 Å². The van der Waals surface area contributed by atoms with E-state index >= 15 is 0 Å². The minimum absolute atomic E-state index is 0.0498. The van der Waals surface area contributed by atoms with Gasteiger partial charge in [0, 0.05) is 42.8 Å². The van der Waals surface area contributed by atoms with Crippen LogP contribution in [0.25, 0.3) is 0 Å². The number of halogens is 1. The van der Waals surface area contributed by atoms with Crippen molar-refractivity contribution in [2.75, 3.05) is 23.3 Å². The van der Waals surface area contributed by atoms with Gasteiger partial charge in [0.1, 0.15) is 0 Å². The lowest BCUT2D eigenvalue weighted by molar-refractivity contribution is -0.117. The standard InChI is InChI=1S/C19H20ClN3O4S/c1-13(24)22-16-4-8-18(9-5-16)28(26,27)21-11-14-10-19(25)23(12-14)17-6-2-15(20)3-7-17/h2-9,14,21H,10-12H2,1H3,(H,22,24)/t14-/m1/s1. The van der Waals surface area contributed by atoms with Crippen LogP contribution in [0.5, 0.6) is 0 Å². The van der Waals surface area contributed by atoms with Gasteiger partial charge in [-0.3, -0.25) is 9.59 Å². The van der Waals surface area contributed by atoms with Crippen molar-refractivity contribution in [3.8, 4) is 0 Å². The van der Waals surface area contributed by atoms with Gasteiger partial charge in [-0.1, -0.05) is 11.6 Å². The van der Waals surface area contributed by atoms with E-state index in [4.69, 9.17) is 11.6 Å². The summed E-state index contributed by atoms with van der Waals surface area (Å²) in [5.41, 5.74) is 1.26. The predicted octanol–water partition coefficient (Wildman–Crippen LogP) is 2.63. The van der Waals surface area contributed by atoms with Gasteiger partial charge in [0.15, 0.2) is 0 Å². The maximum Gasteiger partial charge on any atom is 0.240 e. The summed E-state index contributed by atoms with van der Waals surface area (Å²) < 4.78 is 27.5. The molecule has 0 unspecified atom stereocenters. The zero-order chi connectivity index (χ0) is 20.3. The predicted molar refractivity (Wildman–Crippen MR) is 108 cm³/mol. The Morgan fingerprint density at radius 2 is 1.79 bits per heavy atom. The molecule has 2 amide bonds. The Kier molecular flexibility index (Phi) is 6.02. The first-order valence-electron chi connectivity index (χ1n) is 8.68. The third-order valence-electron chi connectivity index (χ3n) is 4.39. The average molecular weight is 422 g/mol. The SMILES string of the molecule is CC(=O)Nc1ccc(S(=O)(=O)NC[C@H]2CC(=O)N(c3ccc(Cl)cc3)C2)cc1. The van der Waals surface area contributed by atoms with Gasteiger partial charge in [0.05, 0.1) is 4.90 Å². The van der Waals surface area contributed by atoms with Gasteiger partial charge in [0.25, 0.3) is 0 Å². The molecule has 3 rings (SSSR count). The molecule has 2 aromatic rings. The Balaban J connectivity index is 1.61. The van der Waals surface area contributed by atoms with Crippen LogP contribution in [0, 0.1) is 5.92 Å². The topological polar surface area (TPSA) is 95.6 Å². The lowest BCUT2D eigenvalue weighted by Gasteiger charge is -2.17.